The van der Waals surface area contributed by atoms with E-state index in [0.717, 1.165) is 71.7 Å². The van der Waals surface area contributed by atoms with Gasteiger partial charge in [-0.1, -0.05) is 91.0 Å². The summed E-state index contributed by atoms with van der Waals surface area (Å²) >= 11 is 0. The smallest absolute Gasteiger partial charge is 0.195 e. The van der Waals surface area contributed by atoms with Crippen molar-refractivity contribution in [3.05, 3.63) is 198 Å². The van der Waals surface area contributed by atoms with E-state index in [-0.39, 0.29) is 0 Å². The molecule has 262 valence electrons. The molecule has 0 saturated carbocycles. The van der Waals surface area contributed by atoms with Crippen molar-refractivity contribution in [2.75, 3.05) is 0 Å². The molecule has 0 N–H and O–H groups in total. The second-order valence-corrected chi connectivity index (χ2v) is 14.2. The first-order valence-electron chi connectivity index (χ1n) is 18.6. The molecule has 8 aromatic carbocycles. The lowest BCUT2D eigenvalue weighted by molar-refractivity contribution is 1.16. The van der Waals surface area contributed by atoms with Crippen LogP contribution in [0.5, 0.6) is 0 Å². The lowest BCUT2D eigenvalue weighted by Gasteiger charge is -2.15. The molecule has 3 aromatic heterocycles. The molecule has 0 spiro atoms. The summed E-state index contributed by atoms with van der Waals surface area (Å²) < 4.78 is 6.74. The molecule has 3 heterocycles. The highest BCUT2D eigenvalue weighted by atomic mass is 15.0. The van der Waals surface area contributed by atoms with Gasteiger partial charge < -0.3 is 13.7 Å². The van der Waals surface area contributed by atoms with E-state index >= 15 is 0 Å². The predicted octanol–water partition coefficient (Wildman–Crippen LogP) is 13.6. The SMILES string of the molecule is [C-]#[N+]c1ccc2c(c1)c1ccccc1n2-c1ccc(-c2cc(-n3c4ccccc4c4cc(-n5c6ccccc6c6ccccc65)ccc43)ccc2[N+]#[C-])c(C#N)c1. The summed E-state index contributed by atoms with van der Waals surface area (Å²) in [5.74, 6) is 0. The highest BCUT2D eigenvalue weighted by molar-refractivity contribution is 6.13. The van der Waals surface area contributed by atoms with Crippen LogP contribution in [-0.4, -0.2) is 13.7 Å². The zero-order chi connectivity index (χ0) is 38.2. The maximum atomic E-state index is 10.7. The molecular weight excluding hydrogens is 697 g/mol. The molecule has 0 aliphatic carbocycles. The Morgan fingerprint density at radius 3 is 1.37 bits per heavy atom. The van der Waals surface area contributed by atoms with E-state index in [1.54, 1.807) is 0 Å². The summed E-state index contributed by atoms with van der Waals surface area (Å²) in [7, 11) is 0. The second kappa shape index (κ2) is 12.3. The summed E-state index contributed by atoms with van der Waals surface area (Å²) in [6.07, 6.45) is 0. The van der Waals surface area contributed by atoms with Gasteiger partial charge in [-0.25, -0.2) is 9.69 Å². The minimum Gasteiger partial charge on any atom is -0.309 e. The molecule has 0 unspecified atom stereocenters. The molecule has 0 atom stereocenters. The van der Waals surface area contributed by atoms with E-state index in [1.165, 1.54) is 10.8 Å². The Kier molecular flexibility index (Phi) is 6.95. The van der Waals surface area contributed by atoms with E-state index in [9.17, 15) is 5.26 Å². The van der Waals surface area contributed by atoms with Crippen LogP contribution in [0.2, 0.25) is 0 Å². The Balaban J connectivity index is 1.09. The minimum atomic E-state index is 0.469. The molecule has 0 fully saturated rings. The van der Waals surface area contributed by atoms with Crippen molar-refractivity contribution in [2.24, 2.45) is 0 Å². The van der Waals surface area contributed by atoms with Crippen LogP contribution in [0, 0.1) is 24.5 Å². The summed E-state index contributed by atoms with van der Waals surface area (Å²) in [6, 6.07) is 60.3. The standard InChI is InChI=1S/C51H28N6/c1-53-33-19-25-50-43(28-33)40-13-5-9-17-48(40)55(50)34-20-23-37(32(27-34)31-52)42-29-35(21-24-45(42)54-2)57-49-18-10-6-14-41(49)44-30-36(22-26-51(44)57)56-46-15-7-3-11-38(46)39-12-4-8-16-47(39)56/h3-30H. The number of hydrogen-bond donors (Lipinski definition) is 0. The maximum Gasteiger partial charge on any atom is 0.195 e. The number of para-hydroxylation sites is 4. The van der Waals surface area contributed by atoms with E-state index in [1.807, 2.05) is 66.7 Å². The number of rotatable bonds is 4. The third-order valence-corrected chi connectivity index (χ3v) is 11.3. The van der Waals surface area contributed by atoms with Crippen molar-refractivity contribution in [3.63, 3.8) is 0 Å². The van der Waals surface area contributed by atoms with Gasteiger partial charge in [0.25, 0.3) is 0 Å². The van der Waals surface area contributed by atoms with Crippen molar-refractivity contribution >= 4 is 76.8 Å². The number of aromatic nitrogens is 3. The summed E-state index contributed by atoms with van der Waals surface area (Å²) in [5, 5.41) is 17.4. The molecule has 6 nitrogen and oxygen atoms in total. The van der Waals surface area contributed by atoms with Gasteiger partial charge >= 0.3 is 0 Å². The van der Waals surface area contributed by atoms with Crippen LogP contribution in [-0.2, 0) is 0 Å². The number of nitriles is 1. The Hall–Kier alpha value is -8.37. The first kappa shape index (κ1) is 32.1. The van der Waals surface area contributed by atoms with Crippen molar-refractivity contribution in [2.45, 2.75) is 0 Å². The monoisotopic (exact) mass is 724 g/mol. The third kappa shape index (κ3) is 4.68. The second-order valence-electron chi connectivity index (χ2n) is 14.2. The lowest BCUT2D eigenvalue weighted by Crippen LogP contribution is -1.98. The minimum absolute atomic E-state index is 0.469. The fourth-order valence-electron chi connectivity index (χ4n) is 8.86. The van der Waals surface area contributed by atoms with Gasteiger partial charge in [-0.15, -0.1) is 0 Å². The van der Waals surface area contributed by atoms with Gasteiger partial charge in [0, 0.05) is 44.0 Å². The van der Waals surface area contributed by atoms with Crippen LogP contribution >= 0.6 is 0 Å². The fourth-order valence-corrected chi connectivity index (χ4v) is 8.86. The topological polar surface area (TPSA) is 47.3 Å². The van der Waals surface area contributed by atoms with Crippen molar-refractivity contribution < 1.29 is 0 Å². The van der Waals surface area contributed by atoms with E-state index < -0.39 is 0 Å². The van der Waals surface area contributed by atoms with Crippen LogP contribution in [0.15, 0.2) is 170 Å². The highest BCUT2D eigenvalue weighted by Gasteiger charge is 2.20. The molecule has 0 radical (unpaired) electrons. The lowest BCUT2D eigenvalue weighted by atomic mass is 9.97. The quantitative estimate of drug-likeness (QED) is 0.167. The number of benzene rings is 8. The molecule has 11 aromatic rings. The van der Waals surface area contributed by atoms with Gasteiger partial charge in [0.1, 0.15) is 0 Å². The molecule has 0 aliphatic rings. The molecule has 0 aliphatic heterocycles. The molecule has 6 heteroatoms. The van der Waals surface area contributed by atoms with Gasteiger partial charge in [0.05, 0.1) is 57.9 Å². The number of nitrogens with zero attached hydrogens (tertiary/aromatic N) is 6. The molecular formula is C51H28N6. The van der Waals surface area contributed by atoms with Crippen molar-refractivity contribution in [1.82, 2.24) is 13.7 Å². The van der Waals surface area contributed by atoms with Crippen LogP contribution in [0.3, 0.4) is 0 Å². The van der Waals surface area contributed by atoms with Gasteiger partial charge in [0.2, 0.25) is 0 Å². The average molecular weight is 725 g/mol. The largest absolute Gasteiger partial charge is 0.309 e. The zero-order valence-corrected chi connectivity index (χ0v) is 30.3. The van der Waals surface area contributed by atoms with E-state index in [2.05, 4.69) is 133 Å². The Labute approximate surface area is 327 Å². The summed E-state index contributed by atoms with van der Waals surface area (Å²) in [4.78, 5) is 7.59. The van der Waals surface area contributed by atoms with Gasteiger partial charge in [-0.2, -0.15) is 5.26 Å². The maximum absolute atomic E-state index is 10.7. The van der Waals surface area contributed by atoms with Crippen molar-refractivity contribution in [3.8, 4) is 34.3 Å². The molecule has 0 bridgehead atoms. The summed E-state index contributed by atoms with van der Waals surface area (Å²) in [5.41, 5.74) is 12.1. The number of hydrogen-bond acceptors (Lipinski definition) is 1. The third-order valence-electron chi connectivity index (χ3n) is 11.3. The Bertz CT molecular complexity index is 3580. The molecule has 0 saturated heterocycles. The van der Waals surface area contributed by atoms with E-state index in [4.69, 9.17) is 13.1 Å². The average Bonchev–Trinajstić information content (AvgIpc) is 3.91. The van der Waals surface area contributed by atoms with Crippen LogP contribution in [0.25, 0.3) is 103 Å². The van der Waals surface area contributed by atoms with Crippen LogP contribution in [0.1, 0.15) is 5.56 Å². The van der Waals surface area contributed by atoms with Crippen molar-refractivity contribution in [1.29, 1.82) is 5.26 Å². The Morgan fingerprint density at radius 1 is 0.386 bits per heavy atom. The molecule has 0 amide bonds. The highest BCUT2D eigenvalue weighted by Crippen LogP contribution is 2.41. The van der Waals surface area contributed by atoms with Crippen LogP contribution < -0.4 is 0 Å². The molecule has 57 heavy (non-hydrogen) atoms. The first-order valence-corrected chi connectivity index (χ1v) is 18.6. The van der Waals surface area contributed by atoms with Gasteiger partial charge in [0.15, 0.2) is 11.4 Å². The first-order chi connectivity index (χ1) is 28.1. The molecule has 11 rings (SSSR count). The Morgan fingerprint density at radius 2 is 0.825 bits per heavy atom. The number of fused-ring (bicyclic) bond motifs is 9. The van der Waals surface area contributed by atoms with E-state index in [0.29, 0.717) is 28.1 Å². The van der Waals surface area contributed by atoms with Gasteiger partial charge in [-0.05, 0) is 95.4 Å². The zero-order valence-electron chi connectivity index (χ0n) is 30.3. The fraction of sp³-hybridized carbons (Fsp3) is 0. The summed E-state index contributed by atoms with van der Waals surface area (Å²) in [6.45, 7) is 15.7. The van der Waals surface area contributed by atoms with Crippen LogP contribution in [0.4, 0.5) is 11.4 Å². The predicted molar refractivity (Wildman–Crippen MR) is 232 cm³/mol. The van der Waals surface area contributed by atoms with Gasteiger partial charge in [-0.3, -0.25) is 0 Å². The normalized spacial score (nSPS) is 11.5.